The van der Waals surface area contributed by atoms with Crippen LogP contribution in [0.2, 0.25) is 0 Å². The Kier molecular flexibility index (Phi) is 5.50. The largest absolute Gasteiger partial charge is 0.356 e. The molecule has 4 fully saturated rings. The lowest BCUT2D eigenvalue weighted by molar-refractivity contribution is -0.142. The van der Waals surface area contributed by atoms with Gasteiger partial charge < -0.3 is 10.2 Å². The molecule has 1 N–H and O–H groups in total. The van der Waals surface area contributed by atoms with E-state index in [-0.39, 0.29) is 22.7 Å². The van der Waals surface area contributed by atoms with Crippen LogP contribution in [0, 0.1) is 40.4 Å². The van der Waals surface area contributed by atoms with E-state index < -0.39 is 0 Å². The quantitative estimate of drug-likeness (QED) is 0.695. The van der Waals surface area contributed by atoms with E-state index in [1.165, 1.54) is 51.4 Å². The third-order valence-electron chi connectivity index (χ3n) is 10.7. The molecule has 31 heavy (non-hydrogen) atoms. The second-order valence-electron chi connectivity index (χ2n) is 12.0. The van der Waals surface area contributed by atoms with Crippen molar-refractivity contribution in [3.8, 4) is 0 Å². The third-order valence-corrected chi connectivity index (χ3v) is 10.7. The second kappa shape index (κ2) is 7.92. The fourth-order valence-electron chi connectivity index (χ4n) is 8.93. The summed E-state index contributed by atoms with van der Waals surface area (Å²) in [5.41, 5.74) is 0.245. The maximum Gasteiger partial charge on any atom is 0.246 e. The van der Waals surface area contributed by atoms with Gasteiger partial charge in [0, 0.05) is 31.0 Å². The predicted molar refractivity (Wildman–Crippen MR) is 123 cm³/mol. The van der Waals surface area contributed by atoms with Crippen LogP contribution in [-0.2, 0) is 9.59 Å². The number of likely N-dealkylation sites (N-methyl/N-ethyl adjacent to an activating group) is 1. The number of amides is 2. The van der Waals surface area contributed by atoms with Crippen LogP contribution >= 0.6 is 0 Å². The molecule has 2 amide bonds. The molecule has 4 aliphatic carbocycles. The summed E-state index contributed by atoms with van der Waals surface area (Å²) >= 11 is 0. The zero-order valence-electron chi connectivity index (χ0n) is 19.9. The van der Waals surface area contributed by atoms with Crippen molar-refractivity contribution in [2.75, 3.05) is 13.6 Å². The van der Waals surface area contributed by atoms with Gasteiger partial charge in [0.2, 0.25) is 11.8 Å². The van der Waals surface area contributed by atoms with E-state index in [1.54, 1.807) is 0 Å². The molecule has 0 radical (unpaired) electrons. The Bertz CT molecular complexity index is 756. The summed E-state index contributed by atoms with van der Waals surface area (Å²) in [6.45, 7) is 5.74. The molecule has 4 saturated carbocycles. The molecular weight excluding hydrogens is 384 g/mol. The minimum atomic E-state index is 0.0915. The topological polar surface area (TPSA) is 49.4 Å². The van der Waals surface area contributed by atoms with Crippen LogP contribution in [0.1, 0.15) is 84.5 Å². The highest BCUT2D eigenvalue weighted by molar-refractivity contribution is 5.89. The van der Waals surface area contributed by atoms with E-state index in [4.69, 9.17) is 0 Å². The van der Waals surface area contributed by atoms with E-state index in [1.807, 2.05) is 18.0 Å². The maximum absolute atomic E-state index is 13.3. The van der Waals surface area contributed by atoms with Crippen molar-refractivity contribution in [2.24, 2.45) is 40.4 Å². The van der Waals surface area contributed by atoms with Crippen LogP contribution in [0.5, 0.6) is 0 Å². The minimum Gasteiger partial charge on any atom is -0.356 e. The number of nitrogens with zero attached hydrogens (tertiary/aromatic N) is 1. The highest BCUT2D eigenvalue weighted by Gasteiger charge is 2.61. The predicted octanol–water partition coefficient (Wildman–Crippen LogP) is 4.94. The average molecular weight is 427 g/mol. The lowest BCUT2D eigenvalue weighted by atomic mass is 9.47. The first kappa shape index (κ1) is 21.5. The molecule has 0 saturated heterocycles. The number of nitrogens with one attached hydrogen (secondary N) is 1. The van der Waals surface area contributed by atoms with E-state index in [0.29, 0.717) is 35.6 Å². The van der Waals surface area contributed by atoms with Crippen molar-refractivity contribution in [3.63, 3.8) is 0 Å². The van der Waals surface area contributed by atoms with Crippen LogP contribution < -0.4 is 5.32 Å². The van der Waals surface area contributed by atoms with Gasteiger partial charge in [-0.25, -0.2) is 0 Å². The Morgan fingerprint density at radius 3 is 2.58 bits per heavy atom. The van der Waals surface area contributed by atoms with Gasteiger partial charge in [-0.1, -0.05) is 39.2 Å². The van der Waals surface area contributed by atoms with Crippen LogP contribution in [0.3, 0.4) is 0 Å². The van der Waals surface area contributed by atoms with Gasteiger partial charge in [0.1, 0.15) is 0 Å². The molecule has 5 rings (SSSR count). The number of carbonyl (C=O) groups is 2. The molecule has 1 aliphatic heterocycles. The molecule has 172 valence electrons. The average Bonchev–Trinajstić information content (AvgIpc) is 3.13. The summed E-state index contributed by atoms with van der Waals surface area (Å²) < 4.78 is 0. The number of carbonyl (C=O) groups excluding carboxylic acids is 2. The number of hydrogen-bond acceptors (Lipinski definition) is 2. The van der Waals surface area contributed by atoms with Crippen LogP contribution in [-0.4, -0.2) is 36.3 Å². The molecule has 0 aromatic rings. The molecule has 0 aromatic heterocycles. The molecule has 0 aromatic carbocycles. The standard InChI is InChI=1S/C27H42N2O2/c1-26-15-13-21-19(9-12-23-27(21,2)16-14-24(30)29(23)3)20(26)10-11-22(26)25(31)28-17-18-7-5-4-6-8-18/h14,16,18-23H,4-13,15,17H2,1-3H3,(H,28,31)/t19-,20-,21+,22?,23?,26-,27+/m0/s1. The summed E-state index contributed by atoms with van der Waals surface area (Å²) in [5, 5.41) is 3.39. The molecule has 4 nitrogen and oxygen atoms in total. The van der Waals surface area contributed by atoms with Crippen molar-refractivity contribution in [1.29, 1.82) is 0 Å². The zero-order chi connectivity index (χ0) is 21.8. The summed E-state index contributed by atoms with van der Waals surface area (Å²) in [4.78, 5) is 27.6. The summed E-state index contributed by atoms with van der Waals surface area (Å²) in [5.74, 6) is 3.40. The highest BCUT2D eigenvalue weighted by Crippen LogP contribution is 2.65. The van der Waals surface area contributed by atoms with Gasteiger partial charge in [0.25, 0.3) is 0 Å². The molecular formula is C27H42N2O2. The van der Waals surface area contributed by atoms with Crippen LogP contribution in [0.25, 0.3) is 0 Å². The van der Waals surface area contributed by atoms with E-state index in [2.05, 4.69) is 25.2 Å². The Labute approximate surface area is 188 Å². The molecule has 0 spiro atoms. The smallest absolute Gasteiger partial charge is 0.246 e. The van der Waals surface area contributed by atoms with Gasteiger partial charge in [-0.3, -0.25) is 9.59 Å². The molecule has 7 atom stereocenters. The molecule has 5 aliphatic rings. The Morgan fingerprint density at radius 1 is 1.03 bits per heavy atom. The Balaban J connectivity index is 1.30. The number of hydrogen-bond donors (Lipinski definition) is 1. The van der Waals surface area contributed by atoms with Crippen molar-refractivity contribution < 1.29 is 9.59 Å². The lowest BCUT2D eigenvalue weighted by Gasteiger charge is -2.60. The van der Waals surface area contributed by atoms with Crippen molar-refractivity contribution >= 4 is 11.8 Å². The molecule has 2 unspecified atom stereocenters. The SMILES string of the molecule is CN1C(=O)C=C[C@@]2(C)C1CC[C@@H]1[C@H]2CC[C@]2(C)C(C(=O)NCC3CCCCC3)CC[C@@H]12. The summed E-state index contributed by atoms with van der Waals surface area (Å²) in [6, 6.07) is 0.339. The number of fused-ring (bicyclic) bond motifs is 5. The van der Waals surface area contributed by atoms with Gasteiger partial charge >= 0.3 is 0 Å². The van der Waals surface area contributed by atoms with E-state index in [0.717, 1.165) is 25.8 Å². The zero-order valence-corrected chi connectivity index (χ0v) is 19.9. The molecule has 0 bridgehead atoms. The molecule has 1 heterocycles. The third kappa shape index (κ3) is 3.38. The van der Waals surface area contributed by atoms with Gasteiger partial charge in [0.05, 0.1) is 0 Å². The summed E-state index contributed by atoms with van der Waals surface area (Å²) in [7, 11) is 1.99. The Morgan fingerprint density at radius 2 is 1.81 bits per heavy atom. The van der Waals surface area contributed by atoms with Gasteiger partial charge in [-0.2, -0.15) is 0 Å². The van der Waals surface area contributed by atoms with Crippen molar-refractivity contribution in [1.82, 2.24) is 10.2 Å². The maximum atomic E-state index is 13.3. The Hall–Kier alpha value is -1.32. The summed E-state index contributed by atoms with van der Waals surface area (Å²) in [6.07, 6.45) is 17.6. The van der Waals surface area contributed by atoms with E-state index >= 15 is 0 Å². The first-order valence-corrected chi connectivity index (χ1v) is 13.1. The van der Waals surface area contributed by atoms with Gasteiger partial charge in [-0.05, 0) is 86.5 Å². The normalized spacial score (nSPS) is 45.1. The van der Waals surface area contributed by atoms with Gasteiger partial charge in [0.15, 0.2) is 0 Å². The highest BCUT2D eigenvalue weighted by atomic mass is 16.2. The van der Waals surface area contributed by atoms with Crippen molar-refractivity contribution in [2.45, 2.75) is 90.5 Å². The lowest BCUT2D eigenvalue weighted by Crippen LogP contribution is -2.59. The second-order valence-corrected chi connectivity index (χ2v) is 12.0. The minimum absolute atomic E-state index is 0.0915. The molecule has 4 heteroatoms. The van der Waals surface area contributed by atoms with E-state index in [9.17, 15) is 9.59 Å². The first-order chi connectivity index (χ1) is 14.8. The first-order valence-electron chi connectivity index (χ1n) is 13.1. The fourth-order valence-corrected chi connectivity index (χ4v) is 8.93. The number of rotatable bonds is 3. The van der Waals surface area contributed by atoms with Crippen LogP contribution in [0.4, 0.5) is 0 Å². The van der Waals surface area contributed by atoms with Crippen molar-refractivity contribution in [3.05, 3.63) is 12.2 Å². The van der Waals surface area contributed by atoms with Crippen LogP contribution in [0.15, 0.2) is 12.2 Å². The van der Waals surface area contributed by atoms with Gasteiger partial charge in [-0.15, -0.1) is 0 Å². The monoisotopic (exact) mass is 426 g/mol. The fraction of sp³-hybridized carbons (Fsp3) is 0.852.